The fourth-order valence-electron chi connectivity index (χ4n) is 2.97. The van der Waals surface area contributed by atoms with E-state index >= 15 is 0 Å². The van der Waals surface area contributed by atoms with Gasteiger partial charge in [-0.1, -0.05) is 60.7 Å². The Hall–Kier alpha value is -2.33. The van der Waals surface area contributed by atoms with Crippen LogP contribution in [0.2, 0.25) is 0 Å². The maximum atomic E-state index is 12.0. The van der Waals surface area contributed by atoms with Gasteiger partial charge in [0.25, 0.3) is 0 Å². The zero-order valence-corrected chi connectivity index (χ0v) is 15.0. The zero-order valence-electron chi connectivity index (χ0n) is 15.0. The quantitative estimate of drug-likeness (QED) is 0.767. The second-order valence-corrected chi connectivity index (χ2v) is 7.06. The number of ether oxygens (including phenoxy) is 1. The van der Waals surface area contributed by atoms with Crippen molar-refractivity contribution in [2.24, 2.45) is 0 Å². The van der Waals surface area contributed by atoms with E-state index in [-0.39, 0.29) is 11.7 Å². The summed E-state index contributed by atoms with van der Waals surface area (Å²) in [6.45, 7) is 2.45. The van der Waals surface area contributed by atoms with E-state index in [1.165, 1.54) is 16.0 Å². The summed E-state index contributed by atoms with van der Waals surface area (Å²) >= 11 is 0. The van der Waals surface area contributed by atoms with Crippen LogP contribution in [-0.4, -0.2) is 42.1 Å². The predicted molar refractivity (Wildman–Crippen MR) is 99.1 cm³/mol. The monoisotopic (exact) mass is 338 g/mol. The Bertz CT molecular complexity index is 640. The fourth-order valence-corrected chi connectivity index (χ4v) is 2.97. The highest BCUT2D eigenvalue weighted by Gasteiger charge is 2.48. The van der Waals surface area contributed by atoms with Crippen LogP contribution in [0.5, 0.6) is 0 Å². The molecule has 1 amide bonds. The summed E-state index contributed by atoms with van der Waals surface area (Å²) in [4.78, 5) is 15.9. The molecule has 1 aliphatic carbocycles. The first-order valence-electron chi connectivity index (χ1n) is 8.77. The lowest BCUT2D eigenvalue weighted by Crippen LogP contribution is -2.38. The maximum absolute atomic E-state index is 12.0. The lowest BCUT2D eigenvalue weighted by atomic mass is 10.1. The molecule has 0 saturated heterocycles. The average molecular weight is 338 g/mol. The first-order chi connectivity index (χ1) is 12.1. The van der Waals surface area contributed by atoms with Gasteiger partial charge < -0.3 is 9.64 Å². The van der Waals surface area contributed by atoms with E-state index in [0.717, 1.165) is 32.5 Å². The minimum absolute atomic E-state index is 0.253. The molecule has 2 aromatic rings. The van der Waals surface area contributed by atoms with Crippen LogP contribution < -0.4 is 0 Å². The van der Waals surface area contributed by atoms with E-state index in [9.17, 15) is 4.79 Å². The Morgan fingerprint density at radius 3 is 1.80 bits per heavy atom. The molecule has 1 fully saturated rings. The van der Waals surface area contributed by atoms with Crippen molar-refractivity contribution >= 4 is 6.09 Å². The highest BCUT2D eigenvalue weighted by atomic mass is 16.6. The van der Waals surface area contributed by atoms with Gasteiger partial charge in [-0.3, -0.25) is 4.90 Å². The van der Waals surface area contributed by atoms with Crippen molar-refractivity contribution in [3.63, 3.8) is 0 Å². The largest absolute Gasteiger partial charge is 0.441 e. The van der Waals surface area contributed by atoms with E-state index in [1.807, 2.05) is 12.1 Å². The number of carbonyl (C=O) groups excluding carboxylic acids is 1. The predicted octanol–water partition coefficient (Wildman–Crippen LogP) is 3.92. The van der Waals surface area contributed by atoms with Gasteiger partial charge in [0.2, 0.25) is 0 Å². The molecule has 1 aliphatic rings. The number of amides is 1. The van der Waals surface area contributed by atoms with Crippen LogP contribution in [0, 0.1) is 0 Å². The molecular formula is C21H26N2O2. The summed E-state index contributed by atoms with van der Waals surface area (Å²) < 4.78 is 5.76. The highest BCUT2D eigenvalue weighted by molar-refractivity contribution is 5.67. The molecule has 0 spiro atoms. The normalized spacial score (nSPS) is 15.0. The number of benzene rings is 2. The Morgan fingerprint density at radius 2 is 1.40 bits per heavy atom. The van der Waals surface area contributed by atoms with E-state index < -0.39 is 0 Å². The summed E-state index contributed by atoms with van der Waals surface area (Å²) in [5.74, 6) is 0. The van der Waals surface area contributed by atoms with Gasteiger partial charge in [0.15, 0.2) is 0 Å². The van der Waals surface area contributed by atoms with Crippen LogP contribution in [-0.2, 0) is 17.8 Å². The van der Waals surface area contributed by atoms with Crippen LogP contribution in [0.1, 0.15) is 24.0 Å². The van der Waals surface area contributed by atoms with Gasteiger partial charge in [0.1, 0.15) is 5.60 Å². The zero-order chi connectivity index (χ0) is 17.7. The van der Waals surface area contributed by atoms with Crippen LogP contribution in [0.15, 0.2) is 60.7 Å². The van der Waals surface area contributed by atoms with Crippen LogP contribution >= 0.6 is 0 Å². The third kappa shape index (κ3) is 5.07. The molecule has 132 valence electrons. The first-order valence-corrected chi connectivity index (χ1v) is 8.77. The van der Waals surface area contributed by atoms with Crippen molar-refractivity contribution in [2.75, 3.05) is 20.6 Å². The third-order valence-corrected chi connectivity index (χ3v) is 4.49. The molecule has 4 nitrogen and oxygen atoms in total. The molecule has 0 unspecified atom stereocenters. The molecule has 0 heterocycles. The summed E-state index contributed by atoms with van der Waals surface area (Å²) in [6.07, 6.45) is 1.62. The second kappa shape index (κ2) is 7.70. The third-order valence-electron chi connectivity index (χ3n) is 4.49. The Morgan fingerprint density at radius 1 is 0.920 bits per heavy atom. The molecule has 1 saturated carbocycles. The van der Waals surface area contributed by atoms with Crippen molar-refractivity contribution < 1.29 is 9.53 Å². The van der Waals surface area contributed by atoms with Crippen LogP contribution in [0.4, 0.5) is 4.79 Å². The van der Waals surface area contributed by atoms with E-state index in [4.69, 9.17) is 4.74 Å². The number of nitrogens with zero attached hydrogens (tertiary/aromatic N) is 2. The molecule has 0 atom stereocenters. The van der Waals surface area contributed by atoms with E-state index in [2.05, 4.69) is 53.4 Å². The van der Waals surface area contributed by atoms with Gasteiger partial charge in [0, 0.05) is 33.7 Å². The molecule has 0 aliphatic heterocycles. The molecule has 0 N–H and O–H groups in total. The smallest absolute Gasteiger partial charge is 0.409 e. The van der Waals surface area contributed by atoms with Gasteiger partial charge in [-0.05, 0) is 24.0 Å². The van der Waals surface area contributed by atoms with E-state index in [0.29, 0.717) is 0 Å². The first kappa shape index (κ1) is 17.5. The van der Waals surface area contributed by atoms with Gasteiger partial charge in [-0.2, -0.15) is 0 Å². The lowest BCUT2D eigenvalue weighted by Gasteiger charge is -2.28. The Kier molecular flexibility index (Phi) is 5.39. The standard InChI is InChI=1S/C21H26N2O2/c1-22(2)20(24)25-21(13-14-21)17-23(15-18-9-5-3-6-10-18)16-19-11-7-4-8-12-19/h3-12H,13-17H2,1-2H3. The maximum Gasteiger partial charge on any atom is 0.409 e. The minimum atomic E-state index is -0.328. The number of carbonyl (C=O) groups is 1. The van der Waals surface area contributed by atoms with Gasteiger partial charge in [-0.25, -0.2) is 4.79 Å². The molecule has 0 bridgehead atoms. The topological polar surface area (TPSA) is 32.8 Å². The summed E-state index contributed by atoms with van der Waals surface area (Å²) in [6, 6.07) is 20.9. The van der Waals surface area contributed by atoms with Crippen LogP contribution in [0.3, 0.4) is 0 Å². The number of hydrogen-bond donors (Lipinski definition) is 0. The molecule has 2 aromatic carbocycles. The molecule has 4 heteroatoms. The molecule has 0 radical (unpaired) electrons. The molecule has 25 heavy (non-hydrogen) atoms. The van der Waals surface area contributed by atoms with Crippen molar-refractivity contribution in [2.45, 2.75) is 31.5 Å². The Labute approximate surface area is 150 Å². The Balaban J connectivity index is 1.71. The summed E-state index contributed by atoms with van der Waals surface area (Å²) in [5.41, 5.74) is 2.21. The van der Waals surface area contributed by atoms with Crippen molar-refractivity contribution in [1.29, 1.82) is 0 Å². The van der Waals surface area contributed by atoms with Crippen molar-refractivity contribution in [3.8, 4) is 0 Å². The number of rotatable bonds is 7. The average Bonchev–Trinajstić information content (AvgIpc) is 3.35. The van der Waals surface area contributed by atoms with Gasteiger partial charge in [0.05, 0.1) is 0 Å². The lowest BCUT2D eigenvalue weighted by molar-refractivity contribution is 0.0338. The number of hydrogen-bond acceptors (Lipinski definition) is 3. The highest BCUT2D eigenvalue weighted by Crippen LogP contribution is 2.41. The summed E-state index contributed by atoms with van der Waals surface area (Å²) in [7, 11) is 3.45. The molecule has 3 rings (SSSR count). The van der Waals surface area contributed by atoms with Gasteiger partial charge >= 0.3 is 6.09 Å². The fraction of sp³-hybridized carbons (Fsp3) is 0.381. The SMILES string of the molecule is CN(C)C(=O)OC1(CN(Cc2ccccc2)Cc2ccccc2)CC1. The van der Waals surface area contributed by atoms with Crippen molar-refractivity contribution in [3.05, 3.63) is 71.8 Å². The molecule has 0 aromatic heterocycles. The van der Waals surface area contributed by atoms with E-state index in [1.54, 1.807) is 14.1 Å². The van der Waals surface area contributed by atoms with Crippen LogP contribution in [0.25, 0.3) is 0 Å². The minimum Gasteiger partial charge on any atom is -0.441 e. The second-order valence-electron chi connectivity index (χ2n) is 7.06. The van der Waals surface area contributed by atoms with Crippen molar-refractivity contribution in [1.82, 2.24) is 9.80 Å². The van der Waals surface area contributed by atoms with Gasteiger partial charge in [-0.15, -0.1) is 0 Å². The summed E-state index contributed by atoms with van der Waals surface area (Å²) in [5, 5.41) is 0. The molecular weight excluding hydrogens is 312 g/mol.